The highest BCUT2D eigenvalue weighted by Gasteiger charge is 2.25. The van der Waals surface area contributed by atoms with Crippen LogP contribution < -0.4 is 0 Å². The first-order chi connectivity index (χ1) is 2.94. The van der Waals surface area contributed by atoms with Crippen LogP contribution in [0.25, 0.3) is 0 Å². The summed E-state index contributed by atoms with van der Waals surface area (Å²) in [7, 11) is 0. The average Bonchev–Trinajstić information content (AvgIpc) is 1.31. The summed E-state index contributed by atoms with van der Waals surface area (Å²) in [5.74, 6) is -2.50. The Morgan fingerprint density at radius 1 is 1.25 bits per heavy atom. The van der Waals surface area contributed by atoms with Crippen molar-refractivity contribution >= 4 is 12.4 Å². The quantitative estimate of drug-likeness (QED) is 0.408. The van der Waals surface area contributed by atoms with E-state index >= 15 is 0 Å². The van der Waals surface area contributed by atoms with Crippen LogP contribution in [0.3, 0.4) is 0 Å². The van der Waals surface area contributed by atoms with Crippen LogP contribution in [0, 0.1) is 0 Å². The van der Waals surface area contributed by atoms with Crippen molar-refractivity contribution in [1.82, 2.24) is 5.34 Å². The number of halogens is 4. The van der Waals surface area contributed by atoms with Crippen molar-refractivity contribution in [3.05, 3.63) is 0 Å². The fraction of sp³-hybridized carbons (Fsp3) is 1.00. The molecule has 0 aromatic heterocycles. The van der Waals surface area contributed by atoms with Gasteiger partial charge in [0.15, 0.2) is 0 Å². The first-order valence-electron chi connectivity index (χ1n) is 1.75. The highest BCUT2D eigenvalue weighted by molar-refractivity contribution is 5.85. The van der Waals surface area contributed by atoms with Gasteiger partial charge in [0.1, 0.15) is 0 Å². The first-order valence-corrected chi connectivity index (χ1v) is 1.75. The highest BCUT2D eigenvalue weighted by Crippen LogP contribution is 2.15. The van der Waals surface area contributed by atoms with Crippen molar-refractivity contribution in [1.29, 1.82) is 0 Å². The summed E-state index contributed by atoms with van der Waals surface area (Å²) in [6.45, 7) is 1.54. The van der Waals surface area contributed by atoms with Crippen molar-refractivity contribution in [2.45, 2.75) is 19.6 Å². The van der Waals surface area contributed by atoms with Crippen molar-refractivity contribution < 1.29 is 13.4 Å². The molecule has 0 aliphatic rings. The van der Waals surface area contributed by atoms with E-state index in [-0.39, 0.29) is 12.4 Å². The molecule has 0 radical (unpaired) electrons. The average molecular weight is 150 g/mol. The number of hydrogen-bond donors (Lipinski definition) is 0. The molecule has 0 atom stereocenters. The Kier molecular flexibility index (Phi) is 4.29. The molecule has 0 fully saturated rings. The van der Waals surface area contributed by atoms with E-state index in [0.717, 1.165) is 13.8 Å². The number of rotatable bonds is 1. The van der Waals surface area contributed by atoms with Crippen LogP contribution >= 0.6 is 12.4 Å². The monoisotopic (exact) mass is 149 g/mol. The summed E-state index contributed by atoms with van der Waals surface area (Å²) < 4.78 is 33.7. The van der Waals surface area contributed by atoms with Crippen LogP contribution in [0.2, 0.25) is 0 Å². The van der Waals surface area contributed by atoms with Gasteiger partial charge < -0.3 is 0 Å². The second kappa shape index (κ2) is 3.14. The minimum Gasteiger partial charge on any atom is -0.221 e. The Morgan fingerprint density at radius 3 is 1.38 bits per heavy atom. The molecule has 1 nitrogen and oxygen atoms in total. The van der Waals surface area contributed by atoms with Crippen molar-refractivity contribution in [3.63, 3.8) is 0 Å². The molecule has 0 N–H and O–H groups in total. The van der Waals surface area contributed by atoms with Gasteiger partial charge in [-0.3, -0.25) is 0 Å². The van der Waals surface area contributed by atoms with Crippen LogP contribution in [0.15, 0.2) is 0 Å². The Hall–Kier alpha value is 0.0400. The van der Waals surface area contributed by atoms with Crippen molar-refractivity contribution in [2.75, 3.05) is 0 Å². The van der Waals surface area contributed by atoms with Gasteiger partial charge in [-0.1, -0.05) is 8.96 Å². The summed E-state index contributed by atoms with van der Waals surface area (Å²) in [4.78, 5) is 0. The van der Waals surface area contributed by atoms with Gasteiger partial charge in [-0.25, -0.2) is 4.39 Å². The molecule has 0 bridgehead atoms. The van der Waals surface area contributed by atoms with Crippen LogP contribution in [-0.2, 0) is 0 Å². The SMILES string of the molecule is CC(C)(F)N(F)F.Cl. The number of nitrogens with zero attached hydrogens (tertiary/aromatic N) is 1. The summed E-state index contributed by atoms with van der Waals surface area (Å²) in [6, 6.07) is 0. The second-order valence-electron chi connectivity index (χ2n) is 1.64. The van der Waals surface area contributed by atoms with Crippen LogP contribution in [0.1, 0.15) is 13.8 Å². The zero-order chi connectivity index (χ0) is 6.08. The third kappa shape index (κ3) is 4.21. The predicted molar refractivity (Wildman–Crippen MR) is 26.5 cm³/mol. The van der Waals surface area contributed by atoms with E-state index in [2.05, 4.69) is 0 Å². The van der Waals surface area contributed by atoms with E-state index in [4.69, 9.17) is 0 Å². The molecular weight excluding hydrogens is 142 g/mol. The summed E-state index contributed by atoms with van der Waals surface area (Å²) >= 11 is 0. The fourth-order valence-corrected chi connectivity index (χ4v) is 0. The lowest BCUT2D eigenvalue weighted by atomic mass is 10.4. The Labute approximate surface area is 51.7 Å². The lowest BCUT2D eigenvalue weighted by Gasteiger charge is -2.11. The molecule has 5 heteroatoms. The molecule has 0 aromatic carbocycles. The second-order valence-corrected chi connectivity index (χ2v) is 1.64. The van der Waals surface area contributed by atoms with E-state index < -0.39 is 11.1 Å². The Morgan fingerprint density at radius 2 is 1.38 bits per heavy atom. The van der Waals surface area contributed by atoms with Crippen molar-refractivity contribution in [2.24, 2.45) is 0 Å². The van der Waals surface area contributed by atoms with Gasteiger partial charge in [0, 0.05) is 0 Å². The maximum Gasteiger partial charge on any atom is 0.216 e. The zero-order valence-electron chi connectivity index (χ0n) is 4.49. The molecule has 0 spiro atoms. The third-order valence-electron chi connectivity index (χ3n) is 0.402. The fourth-order valence-electron chi connectivity index (χ4n) is 0. The van der Waals surface area contributed by atoms with Gasteiger partial charge in [-0.05, 0) is 13.8 Å². The van der Waals surface area contributed by atoms with Gasteiger partial charge in [0.25, 0.3) is 0 Å². The summed E-state index contributed by atoms with van der Waals surface area (Å²) in [5, 5.41) is -1.48. The normalized spacial score (nSPS) is 11.2. The molecule has 0 aliphatic heterocycles. The Bertz CT molecular complexity index is 60.0. The molecule has 0 unspecified atom stereocenters. The molecule has 0 aliphatic carbocycles. The van der Waals surface area contributed by atoms with Crippen molar-refractivity contribution in [3.8, 4) is 0 Å². The predicted octanol–water partition coefficient (Wildman–Crippen LogP) is 2.18. The molecule has 0 aromatic rings. The van der Waals surface area contributed by atoms with E-state index in [0.29, 0.717) is 0 Å². The molecule has 52 valence electrons. The molecule has 0 heterocycles. The topological polar surface area (TPSA) is 3.24 Å². The highest BCUT2D eigenvalue weighted by atomic mass is 35.5. The number of alkyl halides is 1. The maximum absolute atomic E-state index is 11.7. The van der Waals surface area contributed by atoms with E-state index in [1.807, 2.05) is 0 Å². The molecule has 0 saturated heterocycles. The smallest absolute Gasteiger partial charge is 0.216 e. The molecule has 0 rings (SSSR count). The largest absolute Gasteiger partial charge is 0.221 e. The number of hydrogen-bond acceptors (Lipinski definition) is 1. The summed E-state index contributed by atoms with van der Waals surface area (Å²) in [6.07, 6.45) is 0. The van der Waals surface area contributed by atoms with Gasteiger partial charge in [0.05, 0.1) is 5.34 Å². The van der Waals surface area contributed by atoms with Gasteiger partial charge in [-0.2, -0.15) is 0 Å². The van der Waals surface area contributed by atoms with Crippen LogP contribution in [-0.4, -0.2) is 11.1 Å². The van der Waals surface area contributed by atoms with Crippen LogP contribution in [0.4, 0.5) is 13.4 Å². The van der Waals surface area contributed by atoms with Gasteiger partial charge in [-0.15, -0.1) is 12.4 Å². The first kappa shape index (κ1) is 10.9. The minimum absolute atomic E-state index is 0. The van der Waals surface area contributed by atoms with E-state index in [9.17, 15) is 13.4 Å². The van der Waals surface area contributed by atoms with Gasteiger partial charge in [0.2, 0.25) is 5.79 Å². The third-order valence-corrected chi connectivity index (χ3v) is 0.402. The molecule has 8 heavy (non-hydrogen) atoms. The zero-order valence-corrected chi connectivity index (χ0v) is 5.31. The molecule has 0 saturated carbocycles. The van der Waals surface area contributed by atoms with Gasteiger partial charge >= 0.3 is 0 Å². The Balaban J connectivity index is 0. The van der Waals surface area contributed by atoms with E-state index in [1.54, 1.807) is 0 Å². The lowest BCUT2D eigenvalue weighted by molar-refractivity contribution is -0.264. The summed E-state index contributed by atoms with van der Waals surface area (Å²) in [5.41, 5.74) is 0. The van der Waals surface area contributed by atoms with E-state index in [1.165, 1.54) is 0 Å². The lowest BCUT2D eigenvalue weighted by Crippen LogP contribution is -2.25. The van der Waals surface area contributed by atoms with Crippen LogP contribution in [0.5, 0.6) is 0 Å². The molecule has 0 amide bonds. The standard InChI is InChI=1S/C3H6F3N.ClH/c1-3(2,4)7(5)6;/h1-2H3;1H. The minimum atomic E-state index is -2.50. The molecular formula is C3H7ClF3N. The maximum atomic E-state index is 11.7.